The Balaban J connectivity index is 2.22. The number of rotatable bonds is 6. The summed E-state index contributed by atoms with van der Waals surface area (Å²) in [6.07, 6.45) is 1.88. The summed E-state index contributed by atoms with van der Waals surface area (Å²) in [6, 6.07) is 1.02. The molecule has 0 aliphatic rings. The van der Waals surface area contributed by atoms with Crippen LogP contribution in [0.15, 0.2) is 6.20 Å². The summed E-state index contributed by atoms with van der Waals surface area (Å²) < 4.78 is 0. The van der Waals surface area contributed by atoms with Gasteiger partial charge in [0, 0.05) is 36.4 Å². The lowest BCUT2D eigenvalue weighted by atomic mass is 10.2. The molecule has 3 N–H and O–H groups in total. The van der Waals surface area contributed by atoms with Crippen molar-refractivity contribution in [2.45, 2.75) is 46.3 Å². The van der Waals surface area contributed by atoms with Gasteiger partial charge in [0.1, 0.15) is 0 Å². The molecule has 0 amide bonds. The van der Waals surface area contributed by atoms with Crippen molar-refractivity contribution in [2.24, 2.45) is 0 Å². The zero-order valence-electron chi connectivity index (χ0n) is 10.1. The van der Waals surface area contributed by atoms with E-state index in [-0.39, 0.29) is 0 Å². The van der Waals surface area contributed by atoms with Gasteiger partial charge in [-0.05, 0) is 13.8 Å². The third-order valence-electron chi connectivity index (χ3n) is 2.41. The largest absolute Gasteiger partial charge is 0.313 e. The van der Waals surface area contributed by atoms with E-state index in [2.05, 4.69) is 41.6 Å². The maximum Gasteiger partial charge on any atom is 0.0535 e. The predicted molar refractivity (Wildman–Crippen MR) is 62.8 cm³/mol. The Morgan fingerprint density at radius 1 is 1.33 bits per heavy atom. The molecule has 0 spiro atoms. The molecule has 86 valence electrons. The summed E-state index contributed by atoms with van der Waals surface area (Å²) in [4.78, 5) is 0. The molecule has 1 atom stereocenters. The topological polar surface area (TPSA) is 52.7 Å². The summed E-state index contributed by atoms with van der Waals surface area (Å²) >= 11 is 0. The van der Waals surface area contributed by atoms with Gasteiger partial charge in [0.05, 0.1) is 6.20 Å². The molecule has 1 aromatic heterocycles. The molecule has 0 saturated heterocycles. The molecule has 4 heteroatoms. The van der Waals surface area contributed by atoms with Gasteiger partial charge in [-0.3, -0.25) is 5.10 Å². The van der Waals surface area contributed by atoms with E-state index < -0.39 is 0 Å². The van der Waals surface area contributed by atoms with Crippen LogP contribution in [0.2, 0.25) is 0 Å². The van der Waals surface area contributed by atoms with E-state index in [9.17, 15) is 0 Å². The molecule has 0 radical (unpaired) electrons. The minimum Gasteiger partial charge on any atom is -0.313 e. The molecule has 1 aromatic rings. The lowest BCUT2D eigenvalue weighted by molar-refractivity contribution is 0.473. The monoisotopic (exact) mass is 210 g/mol. The third kappa shape index (κ3) is 4.44. The first-order chi connectivity index (χ1) is 7.09. The zero-order chi connectivity index (χ0) is 11.3. The predicted octanol–water partition coefficient (Wildman–Crippen LogP) is 1.19. The molecule has 1 rings (SSSR count). The summed E-state index contributed by atoms with van der Waals surface area (Å²) in [6.45, 7) is 10.4. The van der Waals surface area contributed by atoms with Gasteiger partial charge in [-0.15, -0.1) is 0 Å². The van der Waals surface area contributed by atoms with Crippen LogP contribution in [0.5, 0.6) is 0 Å². The van der Waals surface area contributed by atoms with Crippen LogP contribution in [0.25, 0.3) is 0 Å². The van der Waals surface area contributed by atoms with Crippen LogP contribution in [0.3, 0.4) is 0 Å². The first kappa shape index (κ1) is 12.2. The van der Waals surface area contributed by atoms with Crippen LogP contribution < -0.4 is 10.6 Å². The van der Waals surface area contributed by atoms with Gasteiger partial charge in [-0.2, -0.15) is 5.10 Å². The molecule has 4 nitrogen and oxygen atoms in total. The van der Waals surface area contributed by atoms with Crippen molar-refractivity contribution in [1.82, 2.24) is 20.8 Å². The van der Waals surface area contributed by atoms with Gasteiger partial charge in [0.25, 0.3) is 0 Å². The van der Waals surface area contributed by atoms with Crippen molar-refractivity contribution >= 4 is 0 Å². The van der Waals surface area contributed by atoms with E-state index in [0.29, 0.717) is 12.1 Å². The Labute approximate surface area is 91.8 Å². The van der Waals surface area contributed by atoms with Crippen LogP contribution in [0.1, 0.15) is 32.0 Å². The molecule has 0 saturated carbocycles. The fourth-order valence-electron chi connectivity index (χ4n) is 1.32. The van der Waals surface area contributed by atoms with Crippen molar-refractivity contribution in [2.75, 3.05) is 6.54 Å². The second-order valence-electron chi connectivity index (χ2n) is 4.37. The molecule has 0 aliphatic heterocycles. The molecule has 1 unspecified atom stereocenters. The summed E-state index contributed by atoms with van der Waals surface area (Å²) in [7, 11) is 0. The number of H-pyrrole nitrogens is 1. The van der Waals surface area contributed by atoms with Crippen molar-refractivity contribution in [3.05, 3.63) is 17.5 Å². The fraction of sp³-hybridized carbons (Fsp3) is 0.727. The van der Waals surface area contributed by atoms with Gasteiger partial charge < -0.3 is 10.6 Å². The molecule has 1 heterocycles. The highest BCUT2D eigenvalue weighted by Gasteiger charge is 2.04. The van der Waals surface area contributed by atoms with E-state index in [1.54, 1.807) is 0 Å². The Hall–Kier alpha value is -0.870. The number of aromatic amines is 1. The van der Waals surface area contributed by atoms with Crippen LogP contribution in [0.4, 0.5) is 0 Å². The maximum absolute atomic E-state index is 3.99. The van der Waals surface area contributed by atoms with E-state index >= 15 is 0 Å². The third-order valence-corrected chi connectivity index (χ3v) is 2.41. The van der Waals surface area contributed by atoms with E-state index in [1.807, 2.05) is 13.1 Å². The number of nitrogens with one attached hydrogen (secondary N) is 3. The van der Waals surface area contributed by atoms with Gasteiger partial charge in [0.15, 0.2) is 0 Å². The second kappa shape index (κ2) is 5.88. The number of hydrogen-bond donors (Lipinski definition) is 3. The second-order valence-corrected chi connectivity index (χ2v) is 4.37. The SMILES string of the molecule is Cc1[nH]ncc1CNC(C)CNC(C)C. The molecule has 0 aromatic carbocycles. The fourth-order valence-corrected chi connectivity index (χ4v) is 1.32. The molecular formula is C11H22N4. The Kier molecular flexibility index (Phi) is 4.78. The van der Waals surface area contributed by atoms with E-state index in [0.717, 1.165) is 18.8 Å². The summed E-state index contributed by atoms with van der Waals surface area (Å²) in [5.74, 6) is 0. The Bertz CT molecular complexity index is 280. The number of nitrogens with zero attached hydrogens (tertiary/aromatic N) is 1. The average molecular weight is 210 g/mol. The van der Waals surface area contributed by atoms with Gasteiger partial charge in [-0.1, -0.05) is 13.8 Å². The van der Waals surface area contributed by atoms with Crippen molar-refractivity contribution in [3.63, 3.8) is 0 Å². The lowest BCUT2D eigenvalue weighted by Crippen LogP contribution is -2.38. The van der Waals surface area contributed by atoms with E-state index in [4.69, 9.17) is 0 Å². The lowest BCUT2D eigenvalue weighted by Gasteiger charge is -2.16. The first-order valence-electron chi connectivity index (χ1n) is 5.55. The smallest absolute Gasteiger partial charge is 0.0535 e. The number of aryl methyl sites for hydroxylation is 1. The first-order valence-corrected chi connectivity index (χ1v) is 5.55. The molecule has 0 aliphatic carbocycles. The highest BCUT2D eigenvalue weighted by Crippen LogP contribution is 2.01. The maximum atomic E-state index is 3.99. The standard InChI is InChI=1S/C11H22N4/c1-8(2)12-5-9(3)13-6-11-7-14-15-10(11)4/h7-9,12-13H,5-6H2,1-4H3,(H,14,15). The highest BCUT2D eigenvalue weighted by atomic mass is 15.1. The minimum absolute atomic E-state index is 0.474. The van der Waals surface area contributed by atoms with Crippen LogP contribution in [-0.4, -0.2) is 28.8 Å². The van der Waals surface area contributed by atoms with E-state index in [1.165, 1.54) is 5.56 Å². The summed E-state index contributed by atoms with van der Waals surface area (Å²) in [5, 5.41) is 13.8. The van der Waals surface area contributed by atoms with Crippen molar-refractivity contribution < 1.29 is 0 Å². The minimum atomic E-state index is 0.474. The zero-order valence-corrected chi connectivity index (χ0v) is 10.1. The normalized spacial score (nSPS) is 13.4. The Morgan fingerprint density at radius 2 is 2.07 bits per heavy atom. The van der Waals surface area contributed by atoms with Crippen LogP contribution in [-0.2, 0) is 6.54 Å². The Morgan fingerprint density at radius 3 is 2.60 bits per heavy atom. The molecule has 0 fully saturated rings. The van der Waals surface area contributed by atoms with Crippen LogP contribution in [0, 0.1) is 6.92 Å². The van der Waals surface area contributed by atoms with Gasteiger partial charge in [-0.25, -0.2) is 0 Å². The molecular weight excluding hydrogens is 188 g/mol. The van der Waals surface area contributed by atoms with Gasteiger partial charge in [0.2, 0.25) is 0 Å². The van der Waals surface area contributed by atoms with Crippen molar-refractivity contribution in [3.8, 4) is 0 Å². The van der Waals surface area contributed by atoms with Gasteiger partial charge >= 0.3 is 0 Å². The van der Waals surface area contributed by atoms with Crippen molar-refractivity contribution in [1.29, 1.82) is 0 Å². The average Bonchev–Trinajstić information content (AvgIpc) is 2.58. The quantitative estimate of drug-likeness (QED) is 0.661. The molecule has 15 heavy (non-hydrogen) atoms. The van der Waals surface area contributed by atoms with Crippen LogP contribution >= 0.6 is 0 Å². The number of aromatic nitrogens is 2. The summed E-state index contributed by atoms with van der Waals surface area (Å²) in [5.41, 5.74) is 2.39. The highest BCUT2D eigenvalue weighted by molar-refractivity contribution is 5.13. The number of hydrogen-bond acceptors (Lipinski definition) is 3. The molecule has 0 bridgehead atoms.